The van der Waals surface area contributed by atoms with Gasteiger partial charge in [-0.15, -0.1) is 0 Å². The number of allylic oxidation sites excluding steroid dienone is 3. The molecule has 0 fully saturated rings. The summed E-state index contributed by atoms with van der Waals surface area (Å²) in [5.41, 5.74) is 0.757. The molecule has 0 amide bonds. The van der Waals surface area contributed by atoms with Gasteiger partial charge < -0.3 is 4.74 Å². The first-order valence-corrected chi connectivity index (χ1v) is 5.63. The molecule has 0 N–H and O–H groups in total. The molecule has 17 heavy (non-hydrogen) atoms. The molecule has 0 aliphatic heterocycles. The fourth-order valence-corrected chi connectivity index (χ4v) is 2.37. The highest BCUT2D eigenvalue weighted by atomic mass is 16.5. The zero-order chi connectivity index (χ0) is 12.7. The summed E-state index contributed by atoms with van der Waals surface area (Å²) in [6.07, 6.45) is 0.613. The number of hydrogen-bond acceptors (Lipinski definition) is 4. The minimum Gasteiger partial charge on any atom is -0.492 e. The second kappa shape index (κ2) is 3.95. The number of rotatable bonds is 2. The minimum atomic E-state index is -0.325. The molecule has 0 saturated heterocycles. The van der Waals surface area contributed by atoms with Gasteiger partial charge in [0.25, 0.3) is 0 Å². The molecule has 0 aromatic heterocycles. The van der Waals surface area contributed by atoms with Crippen LogP contribution in [0.1, 0.15) is 26.7 Å². The summed E-state index contributed by atoms with van der Waals surface area (Å²) in [5, 5.41) is 0. The Labute approximate surface area is 99.3 Å². The summed E-state index contributed by atoms with van der Waals surface area (Å²) in [6.45, 7) is 3.62. The number of methoxy groups -OCH3 is 1. The van der Waals surface area contributed by atoms with Gasteiger partial charge in [-0.25, -0.2) is 0 Å². The highest BCUT2D eigenvalue weighted by molar-refractivity contribution is 6.36. The van der Waals surface area contributed by atoms with Crippen LogP contribution in [0, 0.1) is 5.92 Å². The van der Waals surface area contributed by atoms with Gasteiger partial charge >= 0.3 is 0 Å². The molecular weight excluding hydrogens is 220 g/mol. The van der Waals surface area contributed by atoms with Crippen LogP contribution < -0.4 is 0 Å². The van der Waals surface area contributed by atoms with Crippen molar-refractivity contribution in [1.82, 2.24) is 0 Å². The Morgan fingerprint density at radius 2 is 1.71 bits per heavy atom. The van der Waals surface area contributed by atoms with Crippen molar-refractivity contribution in [3.8, 4) is 0 Å². The third kappa shape index (κ3) is 1.55. The maximum Gasteiger partial charge on any atom is 0.224 e. The van der Waals surface area contributed by atoms with Crippen molar-refractivity contribution in [2.75, 3.05) is 7.11 Å². The molecule has 4 heteroatoms. The lowest BCUT2D eigenvalue weighted by Gasteiger charge is -2.20. The van der Waals surface area contributed by atoms with Crippen molar-refractivity contribution < 1.29 is 19.1 Å². The van der Waals surface area contributed by atoms with E-state index in [9.17, 15) is 14.4 Å². The van der Waals surface area contributed by atoms with Gasteiger partial charge in [-0.2, -0.15) is 0 Å². The van der Waals surface area contributed by atoms with E-state index in [1.165, 1.54) is 7.11 Å². The zero-order valence-electron chi connectivity index (χ0n) is 10.1. The first kappa shape index (κ1) is 11.8. The molecule has 2 aliphatic carbocycles. The van der Waals surface area contributed by atoms with E-state index in [4.69, 9.17) is 4.74 Å². The van der Waals surface area contributed by atoms with Crippen LogP contribution in [0.2, 0.25) is 0 Å². The van der Waals surface area contributed by atoms with Gasteiger partial charge in [0.2, 0.25) is 5.78 Å². The van der Waals surface area contributed by atoms with Crippen LogP contribution in [-0.4, -0.2) is 24.5 Å². The normalized spacial score (nSPS) is 20.6. The van der Waals surface area contributed by atoms with Gasteiger partial charge in [0, 0.05) is 17.6 Å². The quantitative estimate of drug-likeness (QED) is 0.534. The number of ether oxygens (including phenoxy) is 1. The Hall–Kier alpha value is -1.71. The van der Waals surface area contributed by atoms with Gasteiger partial charge in [-0.1, -0.05) is 13.8 Å². The lowest BCUT2D eigenvalue weighted by molar-refractivity contribution is -0.122. The molecule has 0 unspecified atom stereocenters. The lowest BCUT2D eigenvalue weighted by atomic mass is 9.84. The molecule has 0 aromatic rings. The van der Waals surface area contributed by atoms with Crippen molar-refractivity contribution >= 4 is 17.3 Å². The predicted octanol–water partition coefficient (Wildman–Crippen LogP) is 1.35. The number of carbonyl (C=O) groups is 3. The SMILES string of the molecule is COC1=C(C(C)C)C(=O)C2=C(CCC2=O)C1=O. The largest absolute Gasteiger partial charge is 0.492 e. The minimum absolute atomic E-state index is 0.0968. The van der Waals surface area contributed by atoms with E-state index in [0.29, 0.717) is 17.6 Å². The van der Waals surface area contributed by atoms with Crippen molar-refractivity contribution in [1.29, 1.82) is 0 Å². The van der Waals surface area contributed by atoms with E-state index in [2.05, 4.69) is 0 Å². The Balaban J connectivity index is 2.60. The Morgan fingerprint density at radius 1 is 1.06 bits per heavy atom. The number of carbonyl (C=O) groups excluding carboxylic acids is 3. The van der Waals surface area contributed by atoms with Crippen LogP contribution in [0.5, 0.6) is 0 Å². The van der Waals surface area contributed by atoms with E-state index in [-0.39, 0.29) is 41.0 Å². The van der Waals surface area contributed by atoms with Gasteiger partial charge in [0.1, 0.15) is 0 Å². The number of hydrogen-bond donors (Lipinski definition) is 0. The Morgan fingerprint density at radius 3 is 2.24 bits per heavy atom. The molecule has 4 nitrogen and oxygen atoms in total. The summed E-state index contributed by atoms with van der Waals surface area (Å²) < 4.78 is 5.05. The Kier molecular flexibility index (Phi) is 2.73. The zero-order valence-corrected chi connectivity index (χ0v) is 10.1. The van der Waals surface area contributed by atoms with Crippen LogP contribution >= 0.6 is 0 Å². The summed E-state index contributed by atoms with van der Waals surface area (Å²) in [6, 6.07) is 0. The van der Waals surface area contributed by atoms with E-state index in [1.807, 2.05) is 13.8 Å². The smallest absolute Gasteiger partial charge is 0.224 e. The molecule has 0 heterocycles. The topological polar surface area (TPSA) is 60.4 Å². The number of ketones is 3. The van der Waals surface area contributed by atoms with E-state index in [1.54, 1.807) is 0 Å². The van der Waals surface area contributed by atoms with Gasteiger partial charge in [0.15, 0.2) is 17.3 Å². The highest BCUT2D eigenvalue weighted by Crippen LogP contribution is 2.36. The molecular formula is C13H14O4. The molecule has 0 saturated carbocycles. The average molecular weight is 234 g/mol. The van der Waals surface area contributed by atoms with Crippen molar-refractivity contribution in [2.45, 2.75) is 26.7 Å². The first-order valence-electron chi connectivity index (χ1n) is 5.63. The molecule has 0 bridgehead atoms. The molecule has 0 atom stereocenters. The second-order valence-corrected chi connectivity index (χ2v) is 4.54. The lowest BCUT2D eigenvalue weighted by Crippen LogP contribution is -2.27. The van der Waals surface area contributed by atoms with Crippen molar-refractivity contribution in [3.05, 3.63) is 22.5 Å². The third-order valence-electron chi connectivity index (χ3n) is 3.16. The predicted molar refractivity (Wildman–Crippen MR) is 60.2 cm³/mol. The second-order valence-electron chi connectivity index (χ2n) is 4.54. The van der Waals surface area contributed by atoms with Crippen LogP contribution in [0.3, 0.4) is 0 Å². The molecule has 0 aromatic carbocycles. The maximum atomic E-state index is 12.2. The summed E-state index contributed by atoms with van der Waals surface area (Å²) >= 11 is 0. The first-order chi connectivity index (χ1) is 7.99. The molecule has 90 valence electrons. The summed E-state index contributed by atoms with van der Waals surface area (Å²) in [7, 11) is 1.38. The van der Waals surface area contributed by atoms with Gasteiger partial charge in [-0.05, 0) is 12.3 Å². The molecule has 0 radical (unpaired) electrons. The molecule has 2 rings (SSSR count). The highest BCUT2D eigenvalue weighted by Gasteiger charge is 2.42. The van der Waals surface area contributed by atoms with Crippen molar-refractivity contribution in [2.24, 2.45) is 5.92 Å². The average Bonchev–Trinajstić information content (AvgIpc) is 2.65. The maximum absolute atomic E-state index is 12.2. The fraction of sp³-hybridized carbons (Fsp3) is 0.462. The monoisotopic (exact) mass is 234 g/mol. The van der Waals surface area contributed by atoms with Crippen LogP contribution in [0.25, 0.3) is 0 Å². The van der Waals surface area contributed by atoms with Gasteiger partial charge in [-0.3, -0.25) is 14.4 Å². The summed E-state index contributed by atoms with van der Waals surface area (Å²) in [4.78, 5) is 35.9. The van der Waals surface area contributed by atoms with Crippen LogP contribution in [0.15, 0.2) is 22.5 Å². The van der Waals surface area contributed by atoms with E-state index < -0.39 is 0 Å². The van der Waals surface area contributed by atoms with Crippen molar-refractivity contribution in [3.63, 3.8) is 0 Å². The van der Waals surface area contributed by atoms with Crippen LogP contribution in [-0.2, 0) is 19.1 Å². The molecule has 2 aliphatic rings. The fourth-order valence-electron chi connectivity index (χ4n) is 2.37. The van der Waals surface area contributed by atoms with E-state index >= 15 is 0 Å². The summed E-state index contributed by atoms with van der Waals surface area (Å²) in [5.74, 6) is -0.862. The van der Waals surface area contributed by atoms with Gasteiger partial charge in [0.05, 0.1) is 12.7 Å². The van der Waals surface area contributed by atoms with E-state index in [0.717, 1.165) is 0 Å². The standard InChI is InChI=1S/C13H14O4/c1-6(2)9-12(16)10-7(4-5-8(10)14)11(15)13(9)17-3/h6H,4-5H2,1-3H3. The Bertz CT molecular complexity index is 492. The number of Topliss-reactive ketones (excluding diaryl/α,β-unsaturated/α-hetero) is 3. The molecule has 0 spiro atoms. The van der Waals surface area contributed by atoms with Crippen LogP contribution in [0.4, 0.5) is 0 Å². The third-order valence-corrected chi connectivity index (χ3v) is 3.16.